The number of likely N-dealkylation sites (N-methyl/N-ethyl adjacent to an activating group) is 2. The molecule has 0 aliphatic heterocycles. The van der Waals surface area contributed by atoms with E-state index in [1.807, 2.05) is 66.4 Å². The van der Waals surface area contributed by atoms with Crippen LogP contribution in [0.3, 0.4) is 0 Å². The van der Waals surface area contributed by atoms with Gasteiger partial charge in [0, 0.05) is 36.8 Å². The van der Waals surface area contributed by atoms with Gasteiger partial charge in [-0.05, 0) is 43.1 Å². The number of rotatable bonds is 8. The van der Waals surface area contributed by atoms with Gasteiger partial charge >= 0.3 is 0 Å². The van der Waals surface area contributed by atoms with Crippen molar-refractivity contribution in [2.24, 2.45) is 0 Å². The molecule has 0 aliphatic carbocycles. The SMILES string of the molecule is CSc1ccc(CN(C)CC(=O)N(C)Cc2cnn(-c3ccccc3)c2)cc1. The third-order valence-electron chi connectivity index (χ3n) is 4.52. The summed E-state index contributed by atoms with van der Waals surface area (Å²) in [5, 5.41) is 4.40. The second-order valence-corrected chi connectivity index (χ2v) is 7.78. The van der Waals surface area contributed by atoms with Crippen molar-refractivity contribution in [2.45, 2.75) is 18.0 Å². The van der Waals surface area contributed by atoms with Crippen LogP contribution in [0.5, 0.6) is 0 Å². The summed E-state index contributed by atoms with van der Waals surface area (Å²) in [6.45, 7) is 1.68. The number of nitrogens with zero attached hydrogens (tertiary/aromatic N) is 4. The number of hydrogen-bond donors (Lipinski definition) is 0. The van der Waals surface area contributed by atoms with E-state index >= 15 is 0 Å². The molecule has 0 atom stereocenters. The maximum atomic E-state index is 12.6. The van der Waals surface area contributed by atoms with E-state index in [9.17, 15) is 4.79 Å². The standard InChI is InChI=1S/C22H26N4OS/c1-24(14-18-9-11-21(28-3)12-10-18)17-22(27)25(2)15-19-13-23-26(16-19)20-7-5-4-6-8-20/h4-13,16H,14-15,17H2,1-3H3. The van der Waals surface area contributed by atoms with E-state index in [0.717, 1.165) is 17.8 Å². The van der Waals surface area contributed by atoms with Crippen molar-refractivity contribution < 1.29 is 4.79 Å². The summed E-state index contributed by atoms with van der Waals surface area (Å²) in [4.78, 5) is 17.6. The van der Waals surface area contributed by atoms with Gasteiger partial charge in [-0.25, -0.2) is 4.68 Å². The first-order chi connectivity index (χ1) is 13.5. The van der Waals surface area contributed by atoms with Gasteiger partial charge < -0.3 is 4.90 Å². The molecule has 28 heavy (non-hydrogen) atoms. The van der Waals surface area contributed by atoms with E-state index in [4.69, 9.17) is 0 Å². The molecule has 0 unspecified atom stereocenters. The van der Waals surface area contributed by atoms with Crippen molar-refractivity contribution in [3.8, 4) is 5.69 Å². The quantitative estimate of drug-likeness (QED) is 0.547. The zero-order chi connectivity index (χ0) is 19.9. The van der Waals surface area contributed by atoms with Gasteiger partial charge in [-0.15, -0.1) is 11.8 Å². The Morgan fingerprint density at radius 3 is 2.39 bits per heavy atom. The highest BCUT2D eigenvalue weighted by atomic mass is 32.2. The molecule has 3 aromatic rings. The molecule has 0 saturated heterocycles. The first-order valence-corrected chi connectivity index (χ1v) is 10.4. The Kier molecular flexibility index (Phi) is 6.90. The molecule has 3 rings (SSSR count). The Morgan fingerprint density at radius 2 is 1.71 bits per heavy atom. The third-order valence-corrected chi connectivity index (χ3v) is 5.26. The molecule has 0 fully saturated rings. The van der Waals surface area contributed by atoms with Crippen LogP contribution in [0.2, 0.25) is 0 Å². The molecule has 1 heterocycles. The molecular formula is C22H26N4OS. The lowest BCUT2D eigenvalue weighted by Crippen LogP contribution is -2.35. The van der Waals surface area contributed by atoms with E-state index in [2.05, 4.69) is 35.6 Å². The third kappa shape index (κ3) is 5.47. The van der Waals surface area contributed by atoms with Crippen molar-refractivity contribution >= 4 is 17.7 Å². The molecule has 6 heteroatoms. The number of aromatic nitrogens is 2. The molecule has 1 aromatic heterocycles. The van der Waals surface area contributed by atoms with E-state index in [1.165, 1.54) is 10.5 Å². The van der Waals surface area contributed by atoms with Crippen LogP contribution in [-0.2, 0) is 17.9 Å². The van der Waals surface area contributed by atoms with Crippen molar-refractivity contribution in [1.82, 2.24) is 19.6 Å². The molecule has 2 aromatic carbocycles. The summed E-state index contributed by atoms with van der Waals surface area (Å²) >= 11 is 1.73. The lowest BCUT2D eigenvalue weighted by molar-refractivity contribution is -0.131. The summed E-state index contributed by atoms with van der Waals surface area (Å²) < 4.78 is 1.83. The molecule has 0 radical (unpaired) electrons. The monoisotopic (exact) mass is 394 g/mol. The molecule has 0 N–H and O–H groups in total. The average molecular weight is 395 g/mol. The van der Waals surface area contributed by atoms with Gasteiger partial charge in [0.15, 0.2) is 0 Å². The van der Waals surface area contributed by atoms with Crippen LogP contribution in [0.1, 0.15) is 11.1 Å². The summed E-state index contributed by atoms with van der Waals surface area (Å²) in [7, 11) is 3.81. The fourth-order valence-electron chi connectivity index (χ4n) is 2.98. The highest BCUT2D eigenvalue weighted by molar-refractivity contribution is 7.98. The van der Waals surface area contributed by atoms with Crippen molar-refractivity contribution in [3.05, 3.63) is 78.1 Å². The lowest BCUT2D eigenvalue weighted by atomic mass is 10.2. The summed E-state index contributed by atoms with van der Waals surface area (Å²) in [5.74, 6) is 0.0932. The molecule has 0 spiro atoms. The molecule has 0 bridgehead atoms. The minimum absolute atomic E-state index is 0.0932. The Hall–Kier alpha value is -2.57. The average Bonchev–Trinajstić information content (AvgIpc) is 3.17. The molecule has 1 amide bonds. The Balaban J connectivity index is 1.52. The molecule has 0 aliphatic rings. The number of thioether (sulfide) groups is 1. The lowest BCUT2D eigenvalue weighted by Gasteiger charge is -2.21. The van der Waals surface area contributed by atoms with Crippen molar-refractivity contribution in [2.75, 3.05) is 26.9 Å². The number of hydrogen-bond acceptors (Lipinski definition) is 4. The number of carbonyl (C=O) groups is 1. The second kappa shape index (κ2) is 9.57. The van der Waals surface area contributed by atoms with Crippen LogP contribution in [-0.4, -0.2) is 52.4 Å². The van der Waals surface area contributed by atoms with E-state index in [-0.39, 0.29) is 5.91 Å². The van der Waals surface area contributed by atoms with Gasteiger partial charge in [-0.2, -0.15) is 5.10 Å². The van der Waals surface area contributed by atoms with E-state index in [0.29, 0.717) is 13.1 Å². The fraction of sp³-hybridized carbons (Fsp3) is 0.273. The first-order valence-electron chi connectivity index (χ1n) is 9.19. The summed E-state index contributed by atoms with van der Waals surface area (Å²) in [6.07, 6.45) is 5.85. The molecule has 5 nitrogen and oxygen atoms in total. The Labute approximate surface area is 171 Å². The van der Waals surface area contributed by atoms with Crippen LogP contribution in [0, 0.1) is 0 Å². The van der Waals surface area contributed by atoms with Crippen LogP contribution in [0.25, 0.3) is 5.69 Å². The molecule has 146 valence electrons. The van der Waals surface area contributed by atoms with Gasteiger partial charge in [0.2, 0.25) is 5.91 Å². The normalized spacial score (nSPS) is 11.0. The maximum absolute atomic E-state index is 12.6. The van der Waals surface area contributed by atoms with Gasteiger partial charge in [0.05, 0.1) is 18.4 Å². The van der Waals surface area contributed by atoms with Gasteiger partial charge in [-0.3, -0.25) is 9.69 Å². The van der Waals surface area contributed by atoms with Crippen molar-refractivity contribution in [1.29, 1.82) is 0 Å². The van der Waals surface area contributed by atoms with Crippen LogP contribution in [0.4, 0.5) is 0 Å². The highest BCUT2D eigenvalue weighted by Crippen LogP contribution is 2.15. The summed E-state index contributed by atoms with van der Waals surface area (Å²) in [6, 6.07) is 18.4. The zero-order valence-electron chi connectivity index (χ0n) is 16.6. The number of para-hydroxylation sites is 1. The first kappa shape index (κ1) is 20.2. The molecule has 0 saturated carbocycles. The number of carbonyl (C=O) groups excluding carboxylic acids is 1. The minimum Gasteiger partial charge on any atom is -0.340 e. The van der Waals surface area contributed by atoms with E-state index < -0.39 is 0 Å². The van der Waals surface area contributed by atoms with Gasteiger partial charge in [0.25, 0.3) is 0 Å². The zero-order valence-corrected chi connectivity index (χ0v) is 17.4. The van der Waals surface area contributed by atoms with Gasteiger partial charge in [0.1, 0.15) is 0 Å². The second-order valence-electron chi connectivity index (χ2n) is 6.90. The van der Waals surface area contributed by atoms with Crippen LogP contribution >= 0.6 is 11.8 Å². The van der Waals surface area contributed by atoms with Gasteiger partial charge in [-0.1, -0.05) is 30.3 Å². The minimum atomic E-state index is 0.0932. The smallest absolute Gasteiger partial charge is 0.236 e. The van der Waals surface area contributed by atoms with Crippen LogP contribution < -0.4 is 0 Å². The topological polar surface area (TPSA) is 41.4 Å². The predicted octanol–water partition coefficient (Wildman–Crippen LogP) is 3.68. The fourth-order valence-corrected chi connectivity index (χ4v) is 3.38. The molecular weight excluding hydrogens is 368 g/mol. The maximum Gasteiger partial charge on any atom is 0.236 e. The Bertz CT molecular complexity index is 892. The predicted molar refractivity (Wildman–Crippen MR) is 115 cm³/mol. The summed E-state index contributed by atoms with van der Waals surface area (Å²) in [5.41, 5.74) is 3.23. The number of benzene rings is 2. The highest BCUT2D eigenvalue weighted by Gasteiger charge is 2.13. The largest absolute Gasteiger partial charge is 0.340 e. The van der Waals surface area contributed by atoms with Crippen molar-refractivity contribution in [3.63, 3.8) is 0 Å². The number of amides is 1. The Morgan fingerprint density at radius 1 is 1.00 bits per heavy atom. The van der Waals surface area contributed by atoms with E-state index in [1.54, 1.807) is 16.7 Å². The van der Waals surface area contributed by atoms with Crippen LogP contribution in [0.15, 0.2) is 71.9 Å².